The molecule has 4 nitrogen and oxygen atoms in total. The maximum absolute atomic E-state index is 12.5. The minimum atomic E-state index is -3.04. The molecule has 0 N–H and O–H groups in total. The molecule has 2 aliphatic rings. The molecule has 0 aliphatic heterocycles. The van der Waals surface area contributed by atoms with Gasteiger partial charge < -0.3 is 0 Å². The van der Waals surface area contributed by atoms with E-state index in [-0.39, 0.29) is 0 Å². The van der Waals surface area contributed by atoms with Gasteiger partial charge in [0.15, 0.2) is 9.84 Å². The molecule has 2 aliphatic carbocycles. The number of nitrogens with zero attached hydrogens (tertiary/aromatic N) is 2. The van der Waals surface area contributed by atoms with Crippen molar-refractivity contribution in [3.05, 3.63) is 53.5 Å². The molecule has 4 rings (SSSR count). The van der Waals surface area contributed by atoms with Crippen molar-refractivity contribution in [3.63, 3.8) is 0 Å². The van der Waals surface area contributed by atoms with Crippen molar-refractivity contribution < 1.29 is 8.42 Å². The van der Waals surface area contributed by atoms with Gasteiger partial charge in [0.05, 0.1) is 21.9 Å². The number of hydrogen-bond acceptors (Lipinski definition) is 4. The molecule has 2 heterocycles. The van der Waals surface area contributed by atoms with E-state index in [0.717, 1.165) is 49.1 Å². The van der Waals surface area contributed by atoms with E-state index in [0.29, 0.717) is 17.6 Å². The molecule has 0 radical (unpaired) electrons. The number of hydrogen-bond donors (Lipinski definition) is 0. The van der Waals surface area contributed by atoms with Crippen LogP contribution in [0.15, 0.2) is 42.2 Å². The van der Waals surface area contributed by atoms with Crippen molar-refractivity contribution in [1.29, 1.82) is 0 Å². The van der Waals surface area contributed by atoms with E-state index in [1.165, 1.54) is 11.1 Å². The molecular formula is C24H30N2O2S. The Bertz CT molecular complexity index is 1010. The van der Waals surface area contributed by atoms with Gasteiger partial charge in [0, 0.05) is 18.0 Å². The first-order valence-electron chi connectivity index (χ1n) is 10.6. The Morgan fingerprint density at radius 1 is 1.00 bits per heavy atom. The first kappa shape index (κ1) is 20.3. The predicted molar refractivity (Wildman–Crippen MR) is 118 cm³/mol. The zero-order valence-electron chi connectivity index (χ0n) is 17.6. The van der Waals surface area contributed by atoms with Crippen LogP contribution in [-0.2, 0) is 16.3 Å². The highest BCUT2D eigenvalue weighted by molar-refractivity contribution is 7.92. The van der Waals surface area contributed by atoms with E-state index in [1.807, 2.05) is 32.9 Å². The Labute approximate surface area is 174 Å². The van der Waals surface area contributed by atoms with Gasteiger partial charge in [-0.3, -0.25) is 4.98 Å². The first-order chi connectivity index (χ1) is 13.7. The van der Waals surface area contributed by atoms with Crippen molar-refractivity contribution in [2.24, 2.45) is 11.8 Å². The summed E-state index contributed by atoms with van der Waals surface area (Å²) < 4.78 is 24.4. The van der Waals surface area contributed by atoms with Gasteiger partial charge in [0.2, 0.25) is 0 Å². The van der Waals surface area contributed by atoms with Crippen molar-refractivity contribution in [2.45, 2.75) is 57.6 Å². The van der Waals surface area contributed by atoms with Gasteiger partial charge in [-0.25, -0.2) is 13.4 Å². The van der Waals surface area contributed by atoms with Crippen LogP contribution in [0.4, 0.5) is 0 Å². The fraction of sp³-hybridized carbons (Fsp3) is 0.500. The quantitative estimate of drug-likeness (QED) is 0.703. The monoisotopic (exact) mass is 410 g/mol. The third-order valence-corrected chi connectivity index (χ3v) is 9.24. The summed E-state index contributed by atoms with van der Waals surface area (Å²) in [6.45, 7) is 5.42. The highest BCUT2D eigenvalue weighted by atomic mass is 32.2. The van der Waals surface area contributed by atoms with Gasteiger partial charge in [0.25, 0.3) is 0 Å². The molecular weight excluding hydrogens is 380 g/mol. The van der Waals surface area contributed by atoms with Gasteiger partial charge in [-0.05, 0) is 94.5 Å². The van der Waals surface area contributed by atoms with Crippen LogP contribution in [0, 0.1) is 11.8 Å². The third kappa shape index (κ3) is 4.30. The summed E-state index contributed by atoms with van der Waals surface area (Å²) >= 11 is 0. The number of pyridine rings is 2. The number of allylic oxidation sites excluding steroid dienone is 1. The van der Waals surface area contributed by atoms with Crippen molar-refractivity contribution >= 4 is 15.9 Å². The highest BCUT2D eigenvalue weighted by Gasteiger charge is 2.34. The molecule has 0 spiro atoms. The summed E-state index contributed by atoms with van der Waals surface area (Å²) in [7, 11) is -3.04. The maximum Gasteiger partial charge on any atom is 0.155 e. The van der Waals surface area contributed by atoms with E-state index < -0.39 is 14.6 Å². The third-order valence-electron chi connectivity index (χ3n) is 6.46. The summed E-state index contributed by atoms with van der Waals surface area (Å²) in [5, 5.41) is 0. The molecule has 2 aromatic heterocycles. The van der Waals surface area contributed by atoms with Crippen LogP contribution in [0.2, 0.25) is 0 Å². The van der Waals surface area contributed by atoms with Crippen molar-refractivity contribution in [2.75, 3.05) is 5.75 Å². The van der Waals surface area contributed by atoms with Gasteiger partial charge in [-0.15, -0.1) is 0 Å². The van der Waals surface area contributed by atoms with Crippen molar-refractivity contribution in [3.8, 4) is 11.3 Å². The van der Waals surface area contributed by atoms with E-state index in [2.05, 4.69) is 23.2 Å². The number of aromatic nitrogens is 2. The van der Waals surface area contributed by atoms with Crippen LogP contribution in [0.3, 0.4) is 0 Å². The lowest BCUT2D eigenvalue weighted by atomic mass is 9.78. The van der Waals surface area contributed by atoms with E-state index in [4.69, 9.17) is 4.98 Å². The van der Waals surface area contributed by atoms with Gasteiger partial charge in [-0.1, -0.05) is 11.6 Å². The lowest BCUT2D eigenvalue weighted by Crippen LogP contribution is -2.34. The number of fused-ring (bicyclic) bond motifs is 1. The average Bonchev–Trinajstić information content (AvgIpc) is 3.11. The maximum atomic E-state index is 12.5. The summed E-state index contributed by atoms with van der Waals surface area (Å²) in [5.74, 6) is 1.19. The Hall–Kier alpha value is -2.01. The average molecular weight is 411 g/mol. The molecule has 0 saturated heterocycles. The van der Waals surface area contributed by atoms with E-state index in [9.17, 15) is 8.42 Å². The normalized spacial score (nSPS) is 22.2. The largest absolute Gasteiger partial charge is 0.265 e. The Morgan fingerprint density at radius 3 is 2.34 bits per heavy atom. The molecule has 2 aromatic rings. The molecule has 0 amide bonds. The van der Waals surface area contributed by atoms with Gasteiger partial charge in [0.1, 0.15) is 0 Å². The van der Waals surface area contributed by atoms with E-state index in [1.54, 1.807) is 12.4 Å². The topological polar surface area (TPSA) is 59.9 Å². The standard InChI is InChI=1S/C24H30N2O2S/c1-24(2,3)29(27,28)16-17-4-6-18(7-5-17)21-14-20-8-9-22(26-23(20)15-21)19-10-12-25-13-11-19/h8-13,15,17-18H,4-7,14,16H2,1-3H3. The molecule has 0 unspecified atom stereocenters. The van der Waals surface area contributed by atoms with Gasteiger partial charge in [-0.2, -0.15) is 0 Å². The molecule has 0 aromatic carbocycles. The van der Waals surface area contributed by atoms with Crippen molar-refractivity contribution in [1.82, 2.24) is 9.97 Å². The van der Waals surface area contributed by atoms with E-state index >= 15 is 0 Å². The lowest BCUT2D eigenvalue weighted by Gasteiger charge is -2.31. The number of rotatable bonds is 4. The predicted octanol–water partition coefficient (Wildman–Crippen LogP) is 5.10. The van der Waals surface area contributed by atoms with Crippen LogP contribution in [-0.4, -0.2) is 28.9 Å². The Morgan fingerprint density at radius 2 is 1.69 bits per heavy atom. The van der Waals surface area contributed by atoms with Crippen LogP contribution in [0.5, 0.6) is 0 Å². The summed E-state index contributed by atoms with van der Waals surface area (Å²) in [5.41, 5.74) is 5.93. The second kappa shape index (κ2) is 7.67. The highest BCUT2D eigenvalue weighted by Crippen LogP contribution is 2.39. The zero-order valence-corrected chi connectivity index (χ0v) is 18.4. The summed E-state index contributed by atoms with van der Waals surface area (Å²) in [4.78, 5) is 8.96. The minimum absolute atomic E-state index is 0.302. The summed E-state index contributed by atoms with van der Waals surface area (Å²) in [6, 6.07) is 8.27. The molecule has 0 atom stereocenters. The van der Waals surface area contributed by atoms with Gasteiger partial charge >= 0.3 is 0 Å². The molecule has 154 valence electrons. The lowest BCUT2D eigenvalue weighted by molar-refractivity contribution is 0.319. The second-order valence-electron chi connectivity index (χ2n) is 9.48. The fourth-order valence-corrected chi connectivity index (χ4v) is 5.88. The Balaban J connectivity index is 1.41. The molecule has 29 heavy (non-hydrogen) atoms. The molecule has 5 heteroatoms. The Kier molecular flexibility index (Phi) is 5.36. The smallest absolute Gasteiger partial charge is 0.155 e. The van der Waals surface area contributed by atoms with Crippen LogP contribution >= 0.6 is 0 Å². The molecule has 0 bridgehead atoms. The number of sulfone groups is 1. The van der Waals surface area contributed by atoms with Crippen LogP contribution < -0.4 is 0 Å². The fourth-order valence-electron chi connectivity index (χ4n) is 4.43. The first-order valence-corrected chi connectivity index (χ1v) is 12.2. The minimum Gasteiger partial charge on any atom is -0.265 e. The zero-order chi connectivity index (χ0) is 20.6. The van der Waals surface area contributed by atoms with Crippen LogP contribution in [0.1, 0.15) is 57.7 Å². The molecule has 1 fully saturated rings. The SMILES string of the molecule is CC(C)(C)S(=O)(=O)CC1CCC(C2=Cc3nc(-c4ccncc4)ccc3C2)CC1. The molecule has 1 saturated carbocycles. The summed E-state index contributed by atoms with van der Waals surface area (Å²) in [6.07, 6.45) is 11.0. The van der Waals surface area contributed by atoms with Crippen LogP contribution in [0.25, 0.3) is 17.3 Å². The second-order valence-corrected chi connectivity index (χ2v) is 12.3.